The molecule has 1 aromatic heterocycles. The van der Waals surface area contributed by atoms with Crippen LogP contribution in [0, 0.1) is 5.82 Å². The summed E-state index contributed by atoms with van der Waals surface area (Å²) in [5, 5.41) is -0.689. The minimum Gasteiger partial charge on any atom is -0.316 e. The van der Waals surface area contributed by atoms with E-state index in [0.717, 1.165) is 0 Å². The number of hydrogen-bond acceptors (Lipinski definition) is 2. The number of rotatable bonds is 2. The Kier molecular flexibility index (Phi) is 3.35. The molecule has 6 heteroatoms. The van der Waals surface area contributed by atoms with Crippen LogP contribution in [0.15, 0.2) is 52.1 Å². The van der Waals surface area contributed by atoms with Gasteiger partial charge in [0.15, 0.2) is 0 Å². The molecule has 0 radical (unpaired) electrons. The van der Waals surface area contributed by atoms with Crippen LogP contribution in [0.25, 0.3) is 11.0 Å². The van der Waals surface area contributed by atoms with Gasteiger partial charge in [0.1, 0.15) is 5.82 Å². The molecule has 2 aromatic carbocycles. The fourth-order valence-electron chi connectivity index (χ4n) is 2.15. The van der Waals surface area contributed by atoms with E-state index in [4.69, 9.17) is 11.6 Å². The number of hydrogen-bond donors (Lipinski definition) is 2. The third-order valence-corrected chi connectivity index (χ3v) is 3.70. The molecule has 1 heterocycles. The topological polar surface area (TPSA) is 65.7 Å². The molecule has 0 aliphatic carbocycles. The van der Waals surface area contributed by atoms with Gasteiger partial charge < -0.3 is 9.97 Å². The van der Waals surface area contributed by atoms with Gasteiger partial charge in [0.2, 0.25) is 0 Å². The summed E-state index contributed by atoms with van der Waals surface area (Å²) >= 11 is 6.30. The fraction of sp³-hybridized carbons (Fsp3) is 0.0667. The van der Waals surface area contributed by atoms with Gasteiger partial charge in [0.25, 0.3) is 0 Å². The Hall–Kier alpha value is -2.40. The van der Waals surface area contributed by atoms with E-state index in [1.165, 1.54) is 6.07 Å². The highest BCUT2D eigenvalue weighted by atomic mass is 35.5. The third kappa shape index (κ3) is 2.48. The number of alkyl halides is 1. The number of halogens is 2. The maximum Gasteiger partial charge on any atom is 0.314 e. The molecule has 21 heavy (non-hydrogen) atoms. The van der Waals surface area contributed by atoms with Crippen molar-refractivity contribution in [2.45, 2.75) is 5.38 Å². The quantitative estimate of drug-likeness (QED) is 0.565. The average Bonchev–Trinajstić information content (AvgIpc) is 2.48. The summed E-state index contributed by atoms with van der Waals surface area (Å²) in [5.41, 5.74) is 0.450. The SMILES string of the molecule is O=c1[nH]c2ccc(C(Cl)c3ccccc3F)cc2[nH]c1=O. The highest BCUT2D eigenvalue weighted by molar-refractivity contribution is 6.22. The second kappa shape index (κ2) is 5.18. The smallest absolute Gasteiger partial charge is 0.314 e. The lowest BCUT2D eigenvalue weighted by Crippen LogP contribution is -2.28. The highest BCUT2D eigenvalue weighted by Gasteiger charge is 2.15. The number of nitrogens with one attached hydrogen (secondary N) is 2. The molecule has 0 saturated carbocycles. The number of benzene rings is 2. The van der Waals surface area contributed by atoms with Crippen LogP contribution in [0.1, 0.15) is 16.5 Å². The lowest BCUT2D eigenvalue weighted by molar-refractivity contribution is 0.612. The Bertz CT molecular complexity index is 933. The van der Waals surface area contributed by atoms with Crippen molar-refractivity contribution < 1.29 is 4.39 Å². The summed E-state index contributed by atoms with van der Waals surface area (Å²) in [4.78, 5) is 27.5. The first-order chi connectivity index (χ1) is 10.1. The Balaban J connectivity index is 2.13. The summed E-state index contributed by atoms with van der Waals surface area (Å²) < 4.78 is 13.8. The van der Waals surface area contributed by atoms with Crippen molar-refractivity contribution in [3.05, 3.63) is 80.1 Å². The van der Waals surface area contributed by atoms with Crippen molar-refractivity contribution in [1.29, 1.82) is 0 Å². The highest BCUT2D eigenvalue weighted by Crippen LogP contribution is 2.31. The van der Waals surface area contributed by atoms with Crippen molar-refractivity contribution in [1.82, 2.24) is 9.97 Å². The molecule has 1 unspecified atom stereocenters. The summed E-state index contributed by atoms with van der Waals surface area (Å²) in [5.74, 6) is -0.396. The Morgan fingerprint density at radius 2 is 1.62 bits per heavy atom. The molecule has 0 fully saturated rings. The maximum absolute atomic E-state index is 13.8. The van der Waals surface area contributed by atoms with Crippen molar-refractivity contribution >= 4 is 22.6 Å². The van der Waals surface area contributed by atoms with E-state index in [0.29, 0.717) is 22.2 Å². The summed E-state index contributed by atoms with van der Waals surface area (Å²) in [7, 11) is 0. The first-order valence-electron chi connectivity index (χ1n) is 6.21. The Morgan fingerprint density at radius 3 is 2.33 bits per heavy atom. The second-order valence-corrected chi connectivity index (χ2v) is 5.03. The number of fused-ring (bicyclic) bond motifs is 1. The average molecular weight is 305 g/mol. The molecule has 3 rings (SSSR count). The monoisotopic (exact) mass is 304 g/mol. The molecule has 2 N–H and O–H groups in total. The summed E-state index contributed by atoms with van der Waals surface area (Å²) in [6, 6.07) is 11.2. The van der Waals surface area contributed by atoms with E-state index in [2.05, 4.69) is 9.97 Å². The van der Waals surface area contributed by atoms with Gasteiger partial charge in [-0.3, -0.25) is 9.59 Å². The molecule has 0 amide bonds. The number of H-pyrrole nitrogens is 2. The minimum atomic E-state index is -0.739. The normalized spacial score (nSPS) is 12.5. The maximum atomic E-state index is 13.8. The molecule has 0 bridgehead atoms. The predicted molar refractivity (Wildman–Crippen MR) is 79.3 cm³/mol. The number of aromatic amines is 2. The zero-order chi connectivity index (χ0) is 15.0. The Labute approximate surface area is 123 Å². The van der Waals surface area contributed by atoms with Gasteiger partial charge >= 0.3 is 11.1 Å². The van der Waals surface area contributed by atoms with Crippen molar-refractivity contribution in [2.75, 3.05) is 0 Å². The van der Waals surface area contributed by atoms with Crippen LogP contribution < -0.4 is 11.1 Å². The van der Waals surface area contributed by atoms with E-state index in [-0.39, 0.29) is 0 Å². The molecule has 0 spiro atoms. The van der Waals surface area contributed by atoms with Gasteiger partial charge in [0.05, 0.1) is 16.4 Å². The minimum absolute atomic E-state index is 0.352. The summed E-state index contributed by atoms with van der Waals surface area (Å²) in [6.45, 7) is 0. The van der Waals surface area contributed by atoms with Crippen LogP contribution in [0.4, 0.5) is 4.39 Å². The van der Waals surface area contributed by atoms with E-state index < -0.39 is 22.3 Å². The lowest BCUT2D eigenvalue weighted by Gasteiger charge is -2.12. The van der Waals surface area contributed by atoms with Gasteiger partial charge in [-0.25, -0.2) is 4.39 Å². The van der Waals surface area contributed by atoms with Crippen LogP contribution in [-0.4, -0.2) is 9.97 Å². The zero-order valence-corrected chi connectivity index (χ0v) is 11.4. The summed E-state index contributed by atoms with van der Waals surface area (Å²) in [6.07, 6.45) is 0. The van der Waals surface area contributed by atoms with Gasteiger partial charge in [-0.1, -0.05) is 24.3 Å². The van der Waals surface area contributed by atoms with E-state index in [1.54, 1.807) is 36.4 Å². The molecule has 3 aromatic rings. The first kappa shape index (κ1) is 13.6. The molecule has 0 saturated heterocycles. The van der Waals surface area contributed by atoms with E-state index in [9.17, 15) is 14.0 Å². The predicted octanol–water partition coefficient (Wildman–Crippen LogP) is 2.68. The molecular formula is C15H10ClFN2O2. The first-order valence-corrected chi connectivity index (χ1v) is 6.64. The van der Waals surface area contributed by atoms with Gasteiger partial charge in [0, 0.05) is 5.56 Å². The molecular weight excluding hydrogens is 295 g/mol. The van der Waals surface area contributed by atoms with Gasteiger partial charge in [-0.15, -0.1) is 11.6 Å². The molecule has 106 valence electrons. The lowest BCUT2D eigenvalue weighted by atomic mass is 10.0. The van der Waals surface area contributed by atoms with E-state index >= 15 is 0 Å². The van der Waals surface area contributed by atoms with Crippen LogP contribution >= 0.6 is 11.6 Å². The fourth-order valence-corrected chi connectivity index (χ4v) is 2.46. The van der Waals surface area contributed by atoms with Crippen LogP contribution in [0.3, 0.4) is 0 Å². The molecule has 1 atom stereocenters. The second-order valence-electron chi connectivity index (χ2n) is 4.60. The Morgan fingerprint density at radius 1 is 0.952 bits per heavy atom. The van der Waals surface area contributed by atoms with Crippen molar-refractivity contribution in [3.8, 4) is 0 Å². The third-order valence-electron chi connectivity index (χ3n) is 3.22. The standard InChI is InChI=1S/C15H10ClFN2O2/c16-13(9-3-1-2-4-10(9)17)8-5-6-11-12(7-8)19-15(21)14(20)18-11/h1-7,13H,(H,18,20)(H,19,21). The van der Waals surface area contributed by atoms with Crippen LogP contribution in [0.5, 0.6) is 0 Å². The van der Waals surface area contributed by atoms with Crippen molar-refractivity contribution in [3.63, 3.8) is 0 Å². The van der Waals surface area contributed by atoms with Crippen LogP contribution in [0.2, 0.25) is 0 Å². The van der Waals surface area contributed by atoms with Crippen molar-refractivity contribution in [2.24, 2.45) is 0 Å². The van der Waals surface area contributed by atoms with E-state index in [1.807, 2.05) is 0 Å². The number of aromatic nitrogens is 2. The molecule has 4 nitrogen and oxygen atoms in total. The zero-order valence-electron chi connectivity index (χ0n) is 10.7. The van der Waals surface area contributed by atoms with Gasteiger partial charge in [-0.05, 0) is 23.8 Å². The molecule has 0 aliphatic rings. The largest absolute Gasteiger partial charge is 0.316 e. The van der Waals surface area contributed by atoms with Crippen LogP contribution in [-0.2, 0) is 0 Å². The molecule has 0 aliphatic heterocycles. The van der Waals surface area contributed by atoms with Gasteiger partial charge in [-0.2, -0.15) is 0 Å².